The number of hydrogen-bond donors (Lipinski definition) is 0. The Morgan fingerprint density at radius 1 is 1.14 bits per heavy atom. The largest absolute Gasteiger partial charge is 0.369 e. The van der Waals surface area contributed by atoms with Crippen molar-refractivity contribution in [3.8, 4) is 0 Å². The van der Waals surface area contributed by atoms with Crippen LogP contribution in [0.2, 0.25) is 5.02 Å². The number of anilines is 1. The number of halogens is 2. The Morgan fingerprint density at radius 3 is 2.64 bits per heavy atom. The van der Waals surface area contributed by atoms with Crippen LogP contribution in [0.1, 0.15) is 24.0 Å². The molecule has 0 radical (unpaired) electrons. The summed E-state index contributed by atoms with van der Waals surface area (Å²) in [4.78, 5) is 6.51. The van der Waals surface area contributed by atoms with E-state index >= 15 is 0 Å². The van der Waals surface area contributed by atoms with Gasteiger partial charge in [0.2, 0.25) is 0 Å². The fraction of sp³-hybridized carbons (Fsp3) is 0.278. The molecule has 1 fully saturated rings. The molecule has 22 heavy (non-hydrogen) atoms. The number of aryl methyl sites for hydroxylation is 1. The lowest BCUT2D eigenvalue weighted by molar-refractivity contribution is 0.623. The first-order valence-corrected chi connectivity index (χ1v) is 7.86. The number of hydrogen-bond acceptors (Lipinski definition) is 2. The molecule has 2 aromatic carbocycles. The molecule has 0 unspecified atom stereocenters. The van der Waals surface area contributed by atoms with E-state index in [4.69, 9.17) is 11.6 Å². The predicted octanol–water partition coefficient (Wildman–Crippen LogP) is 5.14. The van der Waals surface area contributed by atoms with Gasteiger partial charge in [0.15, 0.2) is 0 Å². The van der Waals surface area contributed by atoms with Crippen molar-refractivity contribution in [3.63, 3.8) is 0 Å². The molecule has 0 amide bonds. The minimum Gasteiger partial charge on any atom is -0.369 e. The highest BCUT2D eigenvalue weighted by molar-refractivity contribution is 6.30. The zero-order chi connectivity index (χ0) is 15.5. The molecule has 0 atom stereocenters. The van der Waals surface area contributed by atoms with Crippen LogP contribution in [0.15, 0.2) is 41.4 Å². The highest BCUT2D eigenvalue weighted by atomic mass is 35.5. The van der Waals surface area contributed by atoms with Crippen LogP contribution in [0.3, 0.4) is 0 Å². The lowest BCUT2D eigenvalue weighted by Crippen LogP contribution is -2.18. The average Bonchev–Trinajstić information content (AvgIpc) is 3.02. The van der Waals surface area contributed by atoms with E-state index in [0.717, 1.165) is 42.7 Å². The Bertz CT molecular complexity index is 706. The third-order valence-electron chi connectivity index (χ3n) is 3.94. The molecule has 0 saturated carbocycles. The zero-order valence-corrected chi connectivity index (χ0v) is 13.3. The molecule has 2 aromatic rings. The molecule has 1 aliphatic heterocycles. The van der Waals surface area contributed by atoms with Crippen LogP contribution >= 0.6 is 11.6 Å². The van der Waals surface area contributed by atoms with Crippen LogP contribution in [0.5, 0.6) is 0 Å². The van der Waals surface area contributed by atoms with Crippen molar-refractivity contribution in [1.29, 1.82) is 0 Å². The van der Waals surface area contributed by atoms with E-state index < -0.39 is 0 Å². The van der Waals surface area contributed by atoms with Gasteiger partial charge in [-0.1, -0.05) is 23.7 Å². The lowest BCUT2D eigenvalue weighted by Gasteiger charge is -2.18. The standard InChI is InChI=1S/C18H18ClFN2/c1-13-4-6-15(19)11-17(13)21-12-14-5-7-18(16(20)10-14)22-8-2-3-9-22/h4-7,10-12H,2-3,8-9H2,1H3. The van der Waals surface area contributed by atoms with Gasteiger partial charge in [-0.2, -0.15) is 0 Å². The fourth-order valence-corrected chi connectivity index (χ4v) is 2.85. The van der Waals surface area contributed by atoms with Crippen molar-refractivity contribution in [2.24, 2.45) is 4.99 Å². The summed E-state index contributed by atoms with van der Waals surface area (Å²) in [5.74, 6) is -0.186. The van der Waals surface area contributed by atoms with Crippen LogP contribution in [-0.2, 0) is 0 Å². The normalized spacial score (nSPS) is 15.0. The summed E-state index contributed by atoms with van der Waals surface area (Å²) in [5, 5.41) is 0.647. The molecule has 114 valence electrons. The van der Waals surface area contributed by atoms with Crippen molar-refractivity contribution in [3.05, 3.63) is 58.4 Å². The second-order valence-corrected chi connectivity index (χ2v) is 6.03. The predicted molar refractivity (Wildman–Crippen MR) is 91.3 cm³/mol. The molecule has 3 rings (SSSR count). The van der Waals surface area contributed by atoms with E-state index in [-0.39, 0.29) is 5.82 Å². The molecule has 0 aromatic heterocycles. The van der Waals surface area contributed by atoms with Crippen molar-refractivity contribution in [2.45, 2.75) is 19.8 Å². The van der Waals surface area contributed by atoms with Crippen molar-refractivity contribution in [2.75, 3.05) is 18.0 Å². The molecule has 0 bridgehead atoms. The lowest BCUT2D eigenvalue weighted by atomic mass is 10.2. The molecule has 0 N–H and O–H groups in total. The van der Waals surface area contributed by atoms with Crippen LogP contribution in [0.25, 0.3) is 0 Å². The van der Waals surface area contributed by atoms with Gasteiger partial charge in [0.1, 0.15) is 5.82 Å². The maximum absolute atomic E-state index is 14.2. The third kappa shape index (κ3) is 3.30. The molecule has 0 aliphatic carbocycles. The maximum Gasteiger partial charge on any atom is 0.147 e. The Morgan fingerprint density at radius 2 is 1.91 bits per heavy atom. The summed E-state index contributed by atoms with van der Waals surface area (Å²) in [7, 11) is 0. The number of aliphatic imine (C=N–C) groups is 1. The molecule has 1 heterocycles. The van der Waals surface area contributed by atoms with Crippen molar-refractivity contribution < 1.29 is 4.39 Å². The van der Waals surface area contributed by atoms with E-state index in [2.05, 4.69) is 9.89 Å². The summed E-state index contributed by atoms with van der Waals surface area (Å²) in [6.07, 6.45) is 3.95. The van der Waals surface area contributed by atoms with E-state index in [1.54, 1.807) is 6.21 Å². The average molecular weight is 317 g/mol. The highest BCUT2D eigenvalue weighted by Crippen LogP contribution is 2.25. The van der Waals surface area contributed by atoms with E-state index in [0.29, 0.717) is 10.7 Å². The first-order chi connectivity index (χ1) is 10.6. The van der Waals surface area contributed by atoms with E-state index in [9.17, 15) is 4.39 Å². The highest BCUT2D eigenvalue weighted by Gasteiger charge is 2.15. The smallest absolute Gasteiger partial charge is 0.147 e. The minimum absolute atomic E-state index is 0.186. The van der Waals surface area contributed by atoms with Gasteiger partial charge in [-0.25, -0.2) is 4.39 Å². The van der Waals surface area contributed by atoms with Gasteiger partial charge >= 0.3 is 0 Å². The summed E-state index contributed by atoms with van der Waals surface area (Å²) >= 11 is 5.98. The second kappa shape index (κ2) is 6.49. The molecule has 1 saturated heterocycles. The Kier molecular flexibility index (Phi) is 4.44. The zero-order valence-electron chi connectivity index (χ0n) is 12.5. The van der Waals surface area contributed by atoms with Crippen molar-refractivity contribution >= 4 is 29.2 Å². The topological polar surface area (TPSA) is 15.6 Å². The van der Waals surface area contributed by atoms with E-state index in [1.165, 1.54) is 6.07 Å². The van der Waals surface area contributed by atoms with Crippen LogP contribution in [-0.4, -0.2) is 19.3 Å². The van der Waals surface area contributed by atoms with Gasteiger partial charge in [-0.15, -0.1) is 0 Å². The first-order valence-electron chi connectivity index (χ1n) is 7.48. The Hall–Kier alpha value is -1.87. The number of rotatable bonds is 3. The molecule has 2 nitrogen and oxygen atoms in total. The quantitative estimate of drug-likeness (QED) is 0.716. The molecule has 4 heteroatoms. The monoisotopic (exact) mass is 316 g/mol. The SMILES string of the molecule is Cc1ccc(Cl)cc1N=Cc1ccc(N2CCCC2)c(F)c1. The van der Waals surface area contributed by atoms with Crippen LogP contribution in [0, 0.1) is 12.7 Å². The third-order valence-corrected chi connectivity index (χ3v) is 4.18. The Balaban J connectivity index is 1.82. The summed E-state index contributed by atoms with van der Waals surface area (Å²) < 4.78 is 14.2. The van der Waals surface area contributed by atoms with Crippen LogP contribution < -0.4 is 4.90 Å². The minimum atomic E-state index is -0.186. The van der Waals surface area contributed by atoms with Gasteiger partial charge < -0.3 is 4.90 Å². The number of nitrogens with zero attached hydrogens (tertiary/aromatic N) is 2. The van der Waals surface area contributed by atoms with Gasteiger partial charge in [-0.3, -0.25) is 4.99 Å². The van der Waals surface area contributed by atoms with Crippen LogP contribution in [0.4, 0.5) is 15.8 Å². The van der Waals surface area contributed by atoms with E-state index in [1.807, 2.05) is 37.3 Å². The van der Waals surface area contributed by atoms with Gasteiger partial charge in [0, 0.05) is 24.3 Å². The second-order valence-electron chi connectivity index (χ2n) is 5.59. The molecule has 1 aliphatic rings. The maximum atomic E-state index is 14.2. The fourth-order valence-electron chi connectivity index (χ4n) is 2.68. The number of benzene rings is 2. The summed E-state index contributed by atoms with van der Waals surface area (Å²) in [5.41, 5.74) is 3.28. The first kappa shape index (κ1) is 15.0. The summed E-state index contributed by atoms with van der Waals surface area (Å²) in [6, 6.07) is 10.8. The van der Waals surface area contributed by atoms with Gasteiger partial charge in [-0.05, 0) is 55.2 Å². The van der Waals surface area contributed by atoms with Gasteiger partial charge in [0.25, 0.3) is 0 Å². The Labute approximate surface area is 135 Å². The van der Waals surface area contributed by atoms with Crippen molar-refractivity contribution in [1.82, 2.24) is 0 Å². The molecular formula is C18H18ClFN2. The summed E-state index contributed by atoms with van der Waals surface area (Å²) in [6.45, 7) is 3.85. The molecular weight excluding hydrogens is 299 g/mol. The van der Waals surface area contributed by atoms with Gasteiger partial charge in [0.05, 0.1) is 11.4 Å². The molecule has 0 spiro atoms.